The third-order valence-corrected chi connectivity index (χ3v) is 5.81. The summed E-state index contributed by atoms with van der Waals surface area (Å²) in [5.74, 6) is 0. The molecule has 0 radical (unpaired) electrons. The van der Waals surface area contributed by atoms with Gasteiger partial charge in [-0.25, -0.2) is 0 Å². The minimum absolute atomic E-state index is 0.218. The van der Waals surface area contributed by atoms with Crippen LogP contribution in [0.15, 0.2) is 104 Å². The summed E-state index contributed by atoms with van der Waals surface area (Å²) in [5.41, 5.74) is 2.91. The van der Waals surface area contributed by atoms with Crippen LogP contribution in [0.3, 0.4) is 0 Å². The van der Waals surface area contributed by atoms with E-state index in [1.165, 1.54) is 0 Å². The van der Waals surface area contributed by atoms with E-state index in [2.05, 4.69) is 6.58 Å². The molecule has 3 atom stereocenters. The predicted molar refractivity (Wildman–Crippen MR) is 136 cm³/mol. The molecule has 0 saturated carbocycles. The van der Waals surface area contributed by atoms with Crippen molar-refractivity contribution in [2.75, 3.05) is 12.9 Å². The van der Waals surface area contributed by atoms with Gasteiger partial charge in [0.05, 0.1) is 32.7 Å². The lowest BCUT2D eigenvalue weighted by Crippen LogP contribution is -2.44. The van der Waals surface area contributed by atoms with Gasteiger partial charge in [-0.1, -0.05) is 97.1 Å². The number of rotatable bonds is 15. The van der Waals surface area contributed by atoms with Crippen LogP contribution < -0.4 is 0 Å². The molecule has 0 aromatic heterocycles. The second-order valence-electron chi connectivity index (χ2n) is 8.08. The van der Waals surface area contributed by atoms with Gasteiger partial charge in [-0.2, -0.15) is 8.42 Å². The van der Waals surface area contributed by atoms with Crippen molar-refractivity contribution < 1.29 is 26.8 Å². The van der Waals surface area contributed by atoms with Crippen molar-refractivity contribution in [1.29, 1.82) is 0 Å². The molecule has 3 rings (SSSR count). The van der Waals surface area contributed by atoms with Crippen molar-refractivity contribution in [3.05, 3.63) is 120 Å². The highest BCUT2D eigenvalue weighted by Crippen LogP contribution is 2.20. The van der Waals surface area contributed by atoms with Crippen molar-refractivity contribution in [2.24, 2.45) is 0 Å². The van der Waals surface area contributed by atoms with Crippen LogP contribution >= 0.6 is 0 Å². The molecule has 6 nitrogen and oxygen atoms in total. The van der Waals surface area contributed by atoms with Gasteiger partial charge in [-0.05, 0) is 16.7 Å². The maximum atomic E-state index is 11.8. The van der Waals surface area contributed by atoms with Crippen molar-refractivity contribution >= 4 is 10.1 Å². The van der Waals surface area contributed by atoms with Gasteiger partial charge in [0.15, 0.2) is 0 Å². The molecule has 0 aliphatic carbocycles. The maximum Gasteiger partial charge on any atom is 0.264 e. The molecule has 0 aliphatic rings. The van der Waals surface area contributed by atoms with Gasteiger partial charge in [0.2, 0.25) is 0 Å². The zero-order valence-electron chi connectivity index (χ0n) is 19.9. The van der Waals surface area contributed by atoms with Crippen LogP contribution in [0.4, 0.5) is 0 Å². The fraction of sp³-hybridized carbons (Fsp3) is 0.286. The highest BCUT2D eigenvalue weighted by Gasteiger charge is 2.32. The van der Waals surface area contributed by atoms with Gasteiger partial charge in [0.25, 0.3) is 10.1 Å². The Morgan fingerprint density at radius 1 is 0.714 bits per heavy atom. The van der Waals surface area contributed by atoms with Crippen molar-refractivity contribution in [1.82, 2.24) is 0 Å². The fourth-order valence-corrected chi connectivity index (χ4v) is 3.83. The van der Waals surface area contributed by atoms with Crippen molar-refractivity contribution in [3.63, 3.8) is 0 Å². The first-order valence-electron chi connectivity index (χ1n) is 11.4. The van der Waals surface area contributed by atoms with Crippen LogP contribution in [0.2, 0.25) is 0 Å². The first kappa shape index (κ1) is 26.8. The summed E-state index contributed by atoms with van der Waals surface area (Å²) in [6, 6.07) is 29.1. The van der Waals surface area contributed by atoms with Crippen LogP contribution in [0.25, 0.3) is 0 Å². The summed E-state index contributed by atoms with van der Waals surface area (Å²) in [5, 5.41) is 0. The molecular weight excluding hydrogens is 464 g/mol. The number of hydrogen-bond acceptors (Lipinski definition) is 6. The Morgan fingerprint density at radius 2 is 1.14 bits per heavy atom. The Balaban J connectivity index is 1.82. The zero-order valence-corrected chi connectivity index (χ0v) is 20.7. The minimum atomic E-state index is -3.69. The van der Waals surface area contributed by atoms with E-state index in [1.807, 2.05) is 91.0 Å². The van der Waals surface area contributed by atoms with Crippen molar-refractivity contribution in [3.8, 4) is 0 Å². The van der Waals surface area contributed by atoms with E-state index in [0.717, 1.165) is 22.9 Å². The fourth-order valence-electron chi connectivity index (χ4n) is 3.45. The van der Waals surface area contributed by atoms with Gasteiger partial charge in [0, 0.05) is 0 Å². The predicted octanol–water partition coefficient (Wildman–Crippen LogP) is 4.90. The molecular formula is C28H32O6S. The van der Waals surface area contributed by atoms with Crippen LogP contribution in [0.5, 0.6) is 0 Å². The van der Waals surface area contributed by atoms with E-state index in [-0.39, 0.29) is 19.8 Å². The summed E-state index contributed by atoms with van der Waals surface area (Å²) in [4.78, 5) is 0. The molecule has 0 spiro atoms. The molecule has 0 aliphatic heterocycles. The second kappa shape index (κ2) is 13.9. The van der Waals surface area contributed by atoms with Crippen LogP contribution in [0, 0.1) is 0 Å². The van der Waals surface area contributed by atoms with Crippen LogP contribution in [0.1, 0.15) is 16.7 Å². The maximum absolute atomic E-state index is 11.8. The van der Waals surface area contributed by atoms with Gasteiger partial charge in [-0.15, -0.1) is 6.58 Å². The third kappa shape index (κ3) is 9.76. The van der Waals surface area contributed by atoms with E-state index < -0.39 is 28.4 Å². The standard InChI is InChI=1S/C28H32O6S/c1-3-26(31-19-23-13-7-4-8-14-23)28(33-21-25-17-11-6-12-18-25)27(22-34-35(2,29)30)32-20-24-15-9-5-10-16-24/h3-18,26-28H,1,19-22H2,2H3/t26-,27-,28+/m1/s1. The molecule has 0 heterocycles. The Bertz CT molecular complexity index is 1100. The lowest BCUT2D eigenvalue weighted by molar-refractivity contribution is -0.146. The Morgan fingerprint density at radius 3 is 1.57 bits per heavy atom. The van der Waals surface area contributed by atoms with E-state index in [9.17, 15) is 8.42 Å². The van der Waals surface area contributed by atoms with Crippen LogP contribution in [-0.2, 0) is 48.3 Å². The SMILES string of the molecule is C=C[C@@H](OCc1ccccc1)[C@H](OCc1ccccc1)[C@@H](COS(C)(=O)=O)OCc1ccccc1. The first-order chi connectivity index (χ1) is 16.9. The van der Waals surface area contributed by atoms with E-state index in [1.54, 1.807) is 6.08 Å². The highest BCUT2D eigenvalue weighted by atomic mass is 32.2. The van der Waals surface area contributed by atoms with Gasteiger partial charge in [0.1, 0.15) is 18.3 Å². The molecule has 35 heavy (non-hydrogen) atoms. The minimum Gasteiger partial charge on any atom is -0.368 e. The summed E-state index contributed by atoms with van der Waals surface area (Å²) >= 11 is 0. The highest BCUT2D eigenvalue weighted by molar-refractivity contribution is 7.85. The summed E-state index contributed by atoms with van der Waals surface area (Å²) in [6.07, 6.45) is 0.660. The molecule has 3 aromatic rings. The summed E-state index contributed by atoms with van der Waals surface area (Å²) in [7, 11) is -3.69. The topological polar surface area (TPSA) is 71.1 Å². The lowest BCUT2D eigenvalue weighted by atomic mass is 10.1. The molecule has 0 bridgehead atoms. The van der Waals surface area contributed by atoms with Gasteiger partial charge < -0.3 is 14.2 Å². The molecule has 0 N–H and O–H groups in total. The Hall–Kier alpha value is -2.81. The monoisotopic (exact) mass is 496 g/mol. The average molecular weight is 497 g/mol. The van der Waals surface area contributed by atoms with E-state index >= 15 is 0 Å². The molecule has 0 saturated heterocycles. The summed E-state index contributed by atoms with van der Waals surface area (Å²) < 4.78 is 47.4. The normalized spacial score (nSPS) is 14.2. The number of benzene rings is 3. The van der Waals surface area contributed by atoms with Crippen molar-refractivity contribution in [2.45, 2.75) is 38.1 Å². The molecule has 0 fully saturated rings. The second-order valence-corrected chi connectivity index (χ2v) is 9.73. The third-order valence-electron chi connectivity index (χ3n) is 5.25. The van der Waals surface area contributed by atoms with E-state index in [0.29, 0.717) is 6.61 Å². The molecule has 7 heteroatoms. The Labute approximate surface area is 208 Å². The van der Waals surface area contributed by atoms with E-state index in [4.69, 9.17) is 18.4 Å². The first-order valence-corrected chi connectivity index (χ1v) is 13.2. The molecule has 3 aromatic carbocycles. The average Bonchev–Trinajstić information content (AvgIpc) is 2.88. The summed E-state index contributed by atoms with van der Waals surface area (Å²) in [6.45, 7) is 4.60. The number of hydrogen-bond donors (Lipinski definition) is 0. The number of ether oxygens (including phenoxy) is 3. The zero-order chi connectivity index (χ0) is 24.9. The molecule has 0 unspecified atom stereocenters. The molecule has 0 amide bonds. The Kier molecular flexibility index (Phi) is 10.7. The lowest BCUT2D eigenvalue weighted by Gasteiger charge is -2.32. The van der Waals surface area contributed by atoms with Gasteiger partial charge in [-0.3, -0.25) is 4.18 Å². The van der Waals surface area contributed by atoms with Gasteiger partial charge >= 0.3 is 0 Å². The molecule has 186 valence electrons. The smallest absolute Gasteiger partial charge is 0.264 e. The quantitative estimate of drug-likeness (QED) is 0.220. The van der Waals surface area contributed by atoms with Crippen LogP contribution in [-0.4, -0.2) is 39.6 Å². The largest absolute Gasteiger partial charge is 0.368 e.